The summed E-state index contributed by atoms with van der Waals surface area (Å²) in [5.74, 6) is 0.0291. The van der Waals surface area contributed by atoms with Crippen LogP contribution in [0.4, 0.5) is 5.69 Å². The molecule has 0 aromatic heterocycles. The second kappa shape index (κ2) is 8.62. The Bertz CT molecular complexity index is 396. The lowest BCUT2D eigenvalue weighted by Gasteiger charge is -2.19. The Morgan fingerprint density at radius 3 is 2.25 bits per heavy atom. The van der Waals surface area contributed by atoms with Crippen molar-refractivity contribution in [2.45, 2.75) is 52.5 Å². The Kier molecular flexibility index (Phi) is 7.13. The number of hydrogen-bond donors (Lipinski definition) is 1. The highest BCUT2D eigenvalue weighted by molar-refractivity contribution is 5.94. The molecule has 0 heterocycles. The summed E-state index contributed by atoms with van der Waals surface area (Å²) in [4.78, 5) is 14.3. The van der Waals surface area contributed by atoms with E-state index in [0.717, 1.165) is 30.6 Å². The lowest BCUT2D eigenvalue weighted by Crippen LogP contribution is -2.33. The SMILES string of the molecule is CCCCN(C)c1ccc(C(=O)NC(CC)CC)cc1. The number of carbonyl (C=O) groups is 1. The van der Waals surface area contributed by atoms with Crippen molar-refractivity contribution < 1.29 is 4.79 Å². The molecule has 0 atom stereocenters. The molecule has 0 bridgehead atoms. The molecule has 0 aliphatic heterocycles. The van der Waals surface area contributed by atoms with Crippen LogP contribution in [0.15, 0.2) is 24.3 Å². The molecule has 0 saturated carbocycles. The van der Waals surface area contributed by atoms with E-state index < -0.39 is 0 Å². The van der Waals surface area contributed by atoms with Gasteiger partial charge >= 0.3 is 0 Å². The maximum Gasteiger partial charge on any atom is 0.251 e. The first-order chi connectivity index (χ1) is 9.62. The smallest absolute Gasteiger partial charge is 0.251 e. The first-order valence-corrected chi connectivity index (χ1v) is 7.74. The second-order valence-electron chi connectivity index (χ2n) is 5.31. The van der Waals surface area contributed by atoms with Crippen LogP contribution < -0.4 is 10.2 Å². The number of carbonyl (C=O) groups excluding carboxylic acids is 1. The topological polar surface area (TPSA) is 32.3 Å². The van der Waals surface area contributed by atoms with Crippen LogP contribution in [0.25, 0.3) is 0 Å². The highest BCUT2D eigenvalue weighted by atomic mass is 16.1. The van der Waals surface area contributed by atoms with Crippen molar-refractivity contribution in [3.63, 3.8) is 0 Å². The van der Waals surface area contributed by atoms with Gasteiger partial charge in [0.2, 0.25) is 0 Å². The van der Waals surface area contributed by atoms with Gasteiger partial charge in [0.1, 0.15) is 0 Å². The van der Waals surface area contributed by atoms with E-state index in [2.05, 4.69) is 38.0 Å². The predicted octanol–water partition coefficient (Wildman–Crippen LogP) is 3.84. The molecule has 112 valence electrons. The van der Waals surface area contributed by atoms with Crippen LogP contribution in [0.2, 0.25) is 0 Å². The summed E-state index contributed by atoms with van der Waals surface area (Å²) in [6, 6.07) is 8.15. The van der Waals surface area contributed by atoms with Crippen LogP contribution in [-0.4, -0.2) is 25.5 Å². The minimum Gasteiger partial charge on any atom is -0.375 e. The van der Waals surface area contributed by atoms with Crippen LogP contribution in [0.1, 0.15) is 56.8 Å². The minimum atomic E-state index is 0.0291. The summed E-state index contributed by atoms with van der Waals surface area (Å²) in [5, 5.41) is 3.06. The second-order valence-corrected chi connectivity index (χ2v) is 5.31. The highest BCUT2D eigenvalue weighted by Gasteiger charge is 2.10. The molecule has 1 rings (SSSR count). The summed E-state index contributed by atoms with van der Waals surface area (Å²) < 4.78 is 0. The zero-order chi connectivity index (χ0) is 15.0. The van der Waals surface area contributed by atoms with E-state index in [1.54, 1.807) is 0 Å². The third-order valence-electron chi connectivity index (χ3n) is 3.74. The van der Waals surface area contributed by atoms with Crippen LogP contribution >= 0.6 is 0 Å². The van der Waals surface area contributed by atoms with Gasteiger partial charge in [-0.1, -0.05) is 27.2 Å². The fourth-order valence-corrected chi connectivity index (χ4v) is 2.15. The number of rotatable bonds is 8. The average Bonchev–Trinajstić information content (AvgIpc) is 2.50. The Morgan fingerprint density at radius 1 is 1.15 bits per heavy atom. The molecule has 3 heteroatoms. The van der Waals surface area contributed by atoms with Crippen molar-refractivity contribution in [2.75, 3.05) is 18.5 Å². The van der Waals surface area contributed by atoms with Crippen molar-refractivity contribution in [2.24, 2.45) is 0 Å². The van der Waals surface area contributed by atoms with Gasteiger partial charge < -0.3 is 10.2 Å². The van der Waals surface area contributed by atoms with Crippen molar-refractivity contribution >= 4 is 11.6 Å². The summed E-state index contributed by atoms with van der Waals surface area (Å²) >= 11 is 0. The fraction of sp³-hybridized carbons (Fsp3) is 0.588. The molecule has 1 aromatic carbocycles. The summed E-state index contributed by atoms with van der Waals surface area (Å²) in [5.41, 5.74) is 1.90. The number of unbranched alkanes of at least 4 members (excludes halogenated alkanes) is 1. The lowest BCUT2D eigenvalue weighted by atomic mass is 10.1. The van der Waals surface area contributed by atoms with Gasteiger partial charge in [-0.05, 0) is 43.5 Å². The van der Waals surface area contributed by atoms with Gasteiger partial charge in [-0.25, -0.2) is 0 Å². The molecule has 0 radical (unpaired) electrons. The number of anilines is 1. The van der Waals surface area contributed by atoms with Gasteiger partial charge in [0, 0.05) is 30.9 Å². The van der Waals surface area contributed by atoms with Crippen LogP contribution in [0.5, 0.6) is 0 Å². The number of benzene rings is 1. The highest BCUT2D eigenvalue weighted by Crippen LogP contribution is 2.14. The molecular formula is C17H28N2O. The van der Waals surface area contributed by atoms with E-state index in [1.165, 1.54) is 12.8 Å². The zero-order valence-corrected chi connectivity index (χ0v) is 13.3. The van der Waals surface area contributed by atoms with Gasteiger partial charge in [0.15, 0.2) is 0 Å². The maximum absolute atomic E-state index is 12.1. The summed E-state index contributed by atoms with van der Waals surface area (Å²) in [7, 11) is 2.09. The molecule has 0 saturated heterocycles. The standard InChI is InChI=1S/C17H28N2O/c1-5-8-13-19(4)16-11-9-14(10-12-16)17(20)18-15(6-2)7-3/h9-12,15H,5-8,13H2,1-4H3,(H,18,20). The summed E-state index contributed by atoms with van der Waals surface area (Å²) in [6.07, 6.45) is 4.33. The Balaban J connectivity index is 2.63. The molecule has 0 fully saturated rings. The molecule has 20 heavy (non-hydrogen) atoms. The molecule has 1 aromatic rings. The van der Waals surface area contributed by atoms with Crippen molar-refractivity contribution in [1.82, 2.24) is 5.32 Å². The fourth-order valence-electron chi connectivity index (χ4n) is 2.15. The van der Waals surface area contributed by atoms with Gasteiger partial charge in [-0.15, -0.1) is 0 Å². The molecule has 3 nitrogen and oxygen atoms in total. The van der Waals surface area contributed by atoms with E-state index in [-0.39, 0.29) is 11.9 Å². The maximum atomic E-state index is 12.1. The van der Waals surface area contributed by atoms with E-state index in [0.29, 0.717) is 0 Å². The number of nitrogens with one attached hydrogen (secondary N) is 1. The first-order valence-electron chi connectivity index (χ1n) is 7.74. The molecule has 0 aliphatic rings. The summed E-state index contributed by atoms with van der Waals surface area (Å²) in [6.45, 7) is 7.44. The molecule has 1 amide bonds. The van der Waals surface area contributed by atoms with Crippen molar-refractivity contribution in [3.8, 4) is 0 Å². The third-order valence-corrected chi connectivity index (χ3v) is 3.74. The Morgan fingerprint density at radius 2 is 1.75 bits per heavy atom. The third kappa shape index (κ3) is 4.87. The van der Waals surface area contributed by atoms with E-state index in [4.69, 9.17) is 0 Å². The van der Waals surface area contributed by atoms with Crippen LogP contribution in [0, 0.1) is 0 Å². The molecule has 0 aliphatic carbocycles. The van der Waals surface area contributed by atoms with E-state index >= 15 is 0 Å². The molecule has 0 unspecified atom stereocenters. The number of nitrogens with zero attached hydrogens (tertiary/aromatic N) is 1. The average molecular weight is 276 g/mol. The zero-order valence-electron chi connectivity index (χ0n) is 13.3. The molecule has 1 N–H and O–H groups in total. The van der Waals surface area contributed by atoms with Crippen LogP contribution in [0.3, 0.4) is 0 Å². The van der Waals surface area contributed by atoms with E-state index in [9.17, 15) is 4.79 Å². The van der Waals surface area contributed by atoms with Gasteiger partial charge in [0.25, 0.3) is 5.91 Å². The van der Waals surface area contributed by atoms with Crippen LogP contribution in [-0.2, 0) is 0 Å². The Hall–Kier alpha value is -1.51. The number of amides is 1. The minimum absolute atomic E-state index is 0.0291. The molecule has 0 spiro atoms. The van der Waals surface area contributed by atoms with Crippen molar-refractivity contribution in [1.29, 1.82) is 0 Å². The normalized spacial score (nSPS) is 10.7. The lowest BCUT2D eigenvalue weighted by molar-refractivity contribution is 0.0935. The van der Waals surface area contributed by atoms with Crippen molar-refractivity contribution in [3.05, 3.63) is 29.8 Å². The first kappa shape index (κ1) is 16.5. The monoisotopic (exact) mass is 276 g/mol. The molecular weight excluding hydrogens is 248 g/mol. The number of hydrogen-bond acceptors (Lipinski definition) is 2. The van der Waals surface area contributed by atoms with Gasteiger partial charge in [0.05, 0.1) is 0 Å². The van der Waals surface area contributed by atoms with E-state index in [1.807, 2.05) is 24.3 Å². The quantitative estimate of drug-likeness (QED) is 0.782. The largest absolute Gasteiger partial charge is 0.375 e. The predicted molar refractivity (Wildman–Crippen MR) is 86.5 cm³/mol. The van der Waals surface area contributed by atoms with Gasteiger partial charge in [-0.3, -0.25) is 4.79 Å². The Labute approximate surface area is 123 Å². The van der Waals surface area contributed by atoms with Gasteiger partial charge in [-0.2, -0.15) is 0 Å².